The molecule has 0 N–H and O–H groups in total. The molecule has 0 aliphatic carbocycles. The quantitative estimate of drug-likeness (QED) is 0.465. The van der Waals surface area contributed by atoms with E-state index in [1.807, 2.05) is 0 Å². The van der Waals surface area contributed by atoms with Crippen molar-refractivity contribution in [1.29, 1.82) is 0 Å². The van der Waals surface area contributed by atoms with E-state index in [4.69, 9.17) is 0 Å². The van der Waals surface area contributed by atoms with Crippen molar-refractivity contribution in [2.45, 2.75) is 19.3 Å². The molecule has 0 aromatic carbocycles. The maximum Gasteiger partial charge on any atom is 0.305 e. The first-order valence-electron chi connectivity index (χ1n) is 5.22. The molecule has 0 unspecified atom stereocenters. The van der Waals surface area contributed by atoms with Gasteiger partial charge in [0.15, 0.2) is 0 Å². The van der Waals surface area contributed by atoms with Crippen LogP contribution in [0.5, 0.6) is 0 Å². The fourth-order valence-corrected chi connectivity index (χ4v) is 1.23. The summed E-state index contributed by atoms with van der Waals surface area (Å²) >= 11 is 0. The second-order valence-corrected chi connectivity index (χ2v) is 3.31. The van der Waals surface area contributed by atoms with Crippen LogP contribution < -0.4 is 0 Å². The van der Waals surface area contributed by atoms with Gasteiger partial charge in [0, 0.05) is 25.9 Å². The Labute approximate surface area is 96.6 Å². The van der Waals surface area contributed by atoms with E-state index in [-0.39, 0.29) is 18.3 Å². The molecule has 0 bridgehead atoms. The predicted molar refractivity (Wildman–Crippen MR) is 62.8 cm³/mol. The highest BCUT2D eigenvalue weighted by Crippen LogP contribution is 2.02. The minimum absolute atomic E-state index is 0.00343. The summed E-state index contributed by atoms with van der Waals surface area (Å²) in [4.78, 5) is 24.1. The number of esters is 1. The molecule has 0 aliphatic heterocycles. The standard InChI is InChI=1S/C12H19NO3/c1-4-9-13(10-5-2)11(14)7-6-8-12(15)16-3/h4-5H,1-2,6-10H2,3H3. The number of methoxy groups -OCH3 is 1. The summed E-state index contributed by atoms with van der Waals surface area (Å²) in [5, 5.41) is 0. The summed E-state index contributed by atoms with van der Waals surface area (Å²) in [5.41, 5.74) is 0. The summed E-state index contributed by atoms with van der Waals surface area (Å²) in [6.45, 7) is 8.18. The van der Waals surface area contributed by atoms with Gasteiger partial charge in [-0.15, -0.1) is 13.2 Å². The van der Waals surface area contributed by atoms with Crippen LogP contribution in [0.25, 0.3) is 0 Å². The van der Waals surface area contributed by atoms with Crippen LogP contribution >= 0.6 is 0 Å². The lowest BCUT2D eigenvalue weighted by molar-refractivity contribution is -0.140. The van der Waals surface area contributed by atoms with Crippen molar-refractivity contribution in [3.05, 3.63) is 25.3 Å². The number of nitrogens with zero attached hydrogens (tertiary/aromatic N) is 1. The van der Waals surface area contributed by atoms with E-state index in [0.717, 1.165) is 0 Å². The Morgan fingerprint density at radius 3 is 2.19 bits per heavy atom. The maximum atomic E-state index is 11.7. The molecule has 0 saturated carbocycles. The molecule has 0 rings (SSSR count). The summed E-state index contributed by atoms with van der Waals surface area (Å²) < 4.78 is 4.49. The predicted octanol–water partition coefficient (Wildman–Crippen LogP) is 1.53. The van der Waals surface area contributed by atoms with Crippen LogP contribution in [0.15, 0.2) is 25.3 Å². The molecular formula is C12H19NO3. The van der Waals surface area contributed by atoms with Crippen LogP contribution in [0, 0.1) is 0 Å². The van der Waals surface area contributed by atoms with Crippen molar-refractivity contribution in [2.24, 2.45) is 0 Å². The summed E-state index contributed by atoms with van der Waals surface area (Å²) in [7, 11) is 1.34. The zero-order valence-corrected chi connectivity index (χ0v) is 9.78. The molecule has 4 heteroatoms. The highest BCUT2D eigenvalue weighted by Gasteiger charge is 2.11. The SMILES string of the molecule is C=CCN(CC=C)C(=O)CCCC(=O)OC. The van der Waals surface area contributed by atoms with Gasteiger partial charge < -0.3 is 9.64 Å². The van der Waals surface area contributed by atoms with Gasteiger partial charge in [0.1, 0.15) is 0 Å². The average Bonchev–Trinajstić information content (AvgIpc) is 2.28. The molecular weight excluding hydrogens is 206 g/mol. The van der Waals surface area contributed by atoms with Crippen molar-refractivity contribution >= 4 is 11.9 Å². The molecule has 0 saturated heterocycles. The first-order valence-corrected chi connectivity index (χ1v) is 5.22. The van der Waals surface area contributed by atoms with E-state index in [1.165, 1.54) is 7.11 Å². The third-order valence-electron chi connectivity index (χ3n) is 2.05. The Balaban J connectivity index is 3.95. The fourth-order valence-electron chi connectivity index (χ4n) is 1.23. The van der Waals surface area contributed by atoms with Crippen molar-refractivity contribution < 1.29 is 14.3 Å². The largest absolute Gasteiger partial charge is 0.469 e. The van der Waals surface area contributed by atoms with E-state index < -0.39 is 0 Å². The number of hydrogen-bond acceptors (Lipinski definition) is 3. The van der Waals surface area contributed by atoms with Crippen molar-refractivity contribution in [3.8, 4) is 0 Å². The monoisotopic (exact) mass is 225 g/mol. The number of ether oxygens (including phenoxy) is 1. The molecule has 0 radical (unpaired) electrons. The Hall–Kier alpha value is -1.58. The molecule has 0 aromatic heterocycles. The Kier molecular flexibility index (Phi) is 7.85. The first kappa shape index (κ1) is 14.4. The molecule has 0 atom stereocenters. The molecule has 90 valence electrons. The van der Waals surface area contributed by atoms with Gasteiger partial charge in [-0.2, -0.15) is 0 Å². The van der Waals surface area contributed by atoms with Gasteiger partial charge in [0.05, 0.1) is 7.11 Å². The third-order valence-corrected chi connectivity index (χ3v) is 2.05. The molecule has 0 heterocycles. The molecule has 0 spiro atoms. The smallest absolute Gasteiger partial charge is 0.305 e. The van der Waals surface area contributed by atoms with Gasteiger partial charge in [-0.3, -0.25) is 9.59 Å². The summed E-state index contributed by atoms with van der Waals surface area (Å²) in [6.07, 6.45) is 4.47. The molecule has 4 nitrogen and oxygen atoms in total. The molecule has 1 amide bonds. The van der Waals surface area contributed by atoms with Crippen LogP contribution in [-0.2, 0) is 14.3 Å². The highest BCUT2D eigenvalue weighted by atomic mass is 16.5. The zero-order valence-electron chi connectivity index (χ0n) is 9.78. The van der Waals surface area contributed by atoms with E-state index in [1.54, 1.807) is 17.1 Å². The second-order valence-electron chi connectivity index (χ2n) is 3.31. The van der Waals surface area contributed by atoms with Gasteiger partial charge in [-0.05, 0) is 6.42 Å². The Morgan fingerprint density at radius 2 is 1.75 bits per heavy atom. The number of carbonyl (C=O) groups is 2. The van der Waals surface area contributed by atoms with Gasteiger partial charge in [-0.25, -0.2) is 0 Å². The second kappa shape index (κ2) is 8.71. The van der Waals surface area contributed by atoms with Crippen LogP contribution in [0.2, 0.25) is 0 Å². The summed E-state index contributed by atoms with van der Waals surface area (Å²) in [5.74, 6) is -0.282. The molecule has 0 aromatic rings. The fraction of sp³-hybridized carbons (Fsp3) is 0.500. The lowest BCUT2D eigenvalue weighted by atomic mass is 10.2. The van der Waals surface area contributed by atoms with Gasteiger partial charge >= 0.3 is 5.97 Å². The average molecular weight is 225 g/mol. The van der Waals surface area contributed by atoms with Crippen LogP contribution in [-0.4, -0.2) is 37.0 Å². The van der Waals surface area contributed by atoms with Crippen LogP contribution in [0.3, 0.4) is 0 Å². The number of hydrogen-bond donors (Lipinski definition) is 0. The lowest BCUT2D eigenvalue weighted by Gasteiger charge is -2.18. The molecule has 0 fully saturated rings. The van der Waals surface area contributed by atoms with Crippen molar-refractivity contribution in [1.82, 2.24) is 4.90 Å². The molecule has 0 aliphatic rings. The van der Waals surface area contributed by atoms with E-state index in [0.29, 0.717) is 25.9 Å². The topological polar surface area (TPSA) is 46.6 Å². The van der Waals surface area contributed by atoms with Gasteiger partial charge in [0.25, 0.3) is 0 Å². The van der Waals surface area contributed by atoms with E-state index in [9.17, 15) is 9.59 Å². The maximum absolute atomic E-state index is 11.7. The number of rotatable bonds is 8. The van der Waals surface area contributed by atoms with Gasteiger partial charge in [0.2, 0.25) is 5.91 Å². The van der Waals surface area contributed by atoms with Crippen LogP contribution in [0.1, 0.15) is 19.3 Å². The van der Waals surface area contributed by atoms with E-state index >= 15 is 0 Å². The van der Waals surface area contributed by atoms with Crippen LogP contribution in [0.4, 0.5) is 0 Å². The van der Waals surface area contributed by atoms with Gasteiger partial charge in [-0.1, -0.05) is 12.2 Å². The zero-order chi connectivity index (χ0) is 12.4. The third kappa shape index (κ3) is 6.01. The minimum Gasteiger partial charge on any atom is -0.469 e. The molecule has 16 heavy (non-hydrogen) atoms. The number of amides is 1. The highest BCUT2D eigenvalue weighted by molar-refractivity contribution is 5.77. The van der Waals surface area contributed by atoms with Crippen molar-refractivity contribution in [3.63, 3.8) is 0 Å². The normalized spacial score (nSPS) is 9.31. The summed E-state index contributed by atoms with van der Waals surface area (Å²) in [6, 6.07) is 0. The minimum atomic E-state index is -0.285. The Bertz CT molecular complexity index is 251. The van der Waals surface area contributed by atoms with E-state index in [2.05, 4.69) is 17.9 Å². The lowest BCUT2D eigenvalue weighted by Crippen LogP contribution is -2.31. The van der Waals surface area contributed by atoms with Crippen molar-refractivity contribution in [2.75, 3.05) is 20.2 Å². The Morgan fingerprint density at radius 1 is 1.19 bits per heavy atom. The number of carbonyl (C=O) groups excluding carboxylic acids is 2. The first-order chi connectivity index (χ1) is 7.65.